The van der Waals surface area contributed by atoms with Crippen molar-refractivity contribution in [2.75, 3.05) is 31.2 Å². The van der Waals surface area contributed by atoms with E-state index in [4.69, 9.17) is 9.15 Å². The highest BCUT2D eigenvalue weighted by molar-refractivity contribution is 5.95. The van der Waals surface area contributed by atoms with Crippen LogP contribution in [-0.4, -0.2) is 43.0 Å². The van der Waals surface area contributed by atoms with Crippen LogP contribution in [0.4, 0.5) is 5.88 Å². The fourth-order valence-electron chi connectivity index (χ4n) is 4.73. The molecular weight excluding hydrogens is 488 g/mol. The average Bonchev–Trinajstić information content (AvgIpc) is 3.67. The Morgan fingerprint density at radius 3 is 1.97 bits per heavy atom. The van der Waals surface area contributed by atoms with Gasteiger partial charge in [0.2, 0.25) is 0 Å². The predicted molar refractivity (Wildman–Crippen MR) is 153 cm³/mol. The van der Waals surface area contributed by atoms with Gasteiger partial charge in [0, 0.05) is 30.4 Å². The first kappa shape index (κ1) is 24.5. The zero-order chi connectivity index (χ0) is 26.4. The number of furan rings is 1. The van der Waals surface area contributed by atoms with Crippen LogP contribution in [0.25, 0.3) is 28.2 Å². The molecule has 1 fully saturated rings. The van der Waals surface area contributed by atoms with Crippen molar-refractivity contribution in [1.29, 1.82) is 0 Å². The third-order valence-electron chi connectivity index (χ3n) is 6.70. The Morgan fingerprint density at radius 1 is 0.744 bits per heavy atom. The summed E-state index contributed by atoms with van der Waals surface area (Å²) >= 11 is 0. The predicted octanol–water partition coefficient (Wildman–Crippen LogP) is 6.00. The van der Waals surface area contributed by atoms with E-state index in [1.54, 1.807) is 0 Å². The summed E-state index contributed by atoms with van der Waals surface area (Å²) < 4.78 is 13.4. The van der Waals surface area contributed by atoms with E-state index < -0.39 is 0 Å². The van der Waals surface area contributed by atoms with Gasteiger partial charge in [-0.1, -0.05) is 60.7 Å². The maximum atomic E-state index is 12.8. The fourth-order valence-corrected chi connectivity index (χ4v) is 4.73. The molecule has 3 heterocycles. The largest absolute Gasteiger partial charge is 0.440 e. The van der Waals surface area contributed by atoms with Gasteiger partial charge < -0.3 is 18.6 Å². The van der Waals surface area contributed by atoms with Crippen LogP contribution in [0.1, 0.15) is 16.1 Å². The van der Waals surface area contributed by atoms with Crippen LogP contribution in [-0.2, 0) is 4.74 Å². The number of benzene rings is 3. The van der Waals surface area contributed by atoms with Gasteiger partial charge in [-0.25, -0.2) is 5.43 Å². The lowest BCUT2D eigenvalue weighted by Gasteiger charge is -2.26. The summed E-state index contributed by atoms with van der Waals surface area (Å²) in [6, 6.07) is 36.1. The van der Waals surface area contributed by atoms with Crippen LogP contribution < -0.4 is 10.3 Å². The Labute approximate surface area is 227 Å². The number of nitrogens with zero attached hydrogens (tertiary/aromatic N) is 3. The van der Waals surface area contributed by atoms with Gasteiger partial charge >= 0.3 is 0 Å². The van der Waals surface area contributed by atoms with Crippen molar-refractivity contribution in [2.45, 2.75) is 0 Å². The number of ether oxygens (including phenoxy) is 1. The van der Waals surface area contributed by atoms with Crippen LogP contribution >= 0.6 is 0 Å². The van der Waals surface area contributed by atoms with E-state index in [2.05, 4.69) is 56.4 Å². The standard InChI is InChI=1S/C32H28N4O3/c37-32(34-33-23-28-15-18-31(39-28)35-19-21-38-22-20-35)26-11-13-27(14-12-26)36-29(24-7-3-1-4-8-24)16-17-30(36)25-9-5-2-6-10-25/h1-18,23H,19-22H2,(H,34,37)/b33-23-. The molecule has 1 N–H and O–H groups in total. The molecule has 0 atom stereocenters. The van der Waals surface area contributed by atoms with Gasteiger partial charge in [0.25, 0.3) is 5.91 Å². The van der Waals surface area contributed by atoms with Crippen LogP contribution in [0, 0.1) is 0 Å². The smallest absolute Gasteiger partial charge is 0.271 e. The summed E-state index contributed by atoms with van der Waals surface area (Å²) in [5, 5.41) is 4.09. The molecule has 7 heteroatoms. The zero-order valence-electron chi connectivity index (χ0n) is 21.4. The quantitative estimate of drug-likeness (QED) is 0.213. The molecule has 39 heavy (non-hydrogen) atoms. The third kappa shape index (κ3) is 5.39. The molecule has 1 aliphatic heterocycles. The highest BCUT2D eigenvalue weighted by Crippen LogP contribution is 2.32. The Hall–Kier alpha value is -4.88. The molecule has 1 aliphatic rings. The van der Waals surface area contributed by atoms with Crippen molar-refractivity contribution in [3.05, 3.63) is 121 Å². The highest BCUT2D eigenvalue weighted by atomic mass is 16.5. The maximum absolute atomic E-state index is 12.8. The van der Waals surface area contributed by atoms with Crippen LogP contribution in [0.3, 0.4) is 0 Å². The number of carbonyl (C=O) groups is 1. The van der Waals surface area contributed by atoms with Crippen LogP contribution in [0.15, 0.2) is 119 Å². The average molecular weight is 517 g/mol. The SMILES string of the molecule is O=C(N/N=C\c1ccc(N2CCOCC2)o1)c1ccc(-n2c(-c3ccccc3)ccc2-c2ccccc2)cc1. The summed E-state index contributed by atoms with van der Waals surface area (Å²) in [6.45, 7) is 2.95. The summed E-state index contributed by atoms with van der Waals surface area (Å²) in [4.78, 5) is 14.9. The van der Waals surface area contributed by atoms with Crippen molar-refractivity contribution < 1.29 is 13.9 Å². The summed E-state index contributed by atoms with van der Waals surface area (Å²) in [5.74, 6) is 1.05. The van der Waals surface area contributed by atoms with Gasteiger partial charge in [0.1, 0.15) is 5.76 Å². The first-order valence-corrected chi connectivity index (χ1v) is 13.0. The Bertz CT molecular complexity index is 1510. The molecule has 0 bridgehead atoms. The minimum Gasteiger partial charge on any atom is -0.440 e. The van der Waals surface area contributed by atoms with Crippen molar-refractivity contribution in [2.24, 2.45) is 5.10 Å². The molecule has 0 spiro atoms. The van der Waals surface area contributed by atoms with Gasteiger partial charge in [0.15, 0.2) is 5.88 Å². The minimum absolute atomic E-state index is 0.295. The Balaban J connectivity index is 1.20. The summed E-state index contributed by atoms with van der Waals surface area (Å²) in [5.41, 5.74) is 8.45. The van der Waals surface area contributed by atoms with Crippen molar-refractivity contribution in [3.8, 4) is 28.2 Å². The molecule has 3 aromatic carbocycles. The molecule has 5 aromatic rings. The summed E-state index contributed by atoms with van der Waals surface area (Å²) in [6.07, 6.45) is 1.51. The number of amides is 1. The maximum Gasteiger partial charge on any atom is 0.271 e. The Morgan fingerprint density at radius 2 is 1.36 bits per heavy atom. The molecule has 0 radical (unpaired) electrons. The van der Waals surface area contributed by atoms with E-state index in [1.807, 2.05) is 72.8 Å². The first-order chi connectivity index (χ1) is 19.3. The normalized spacial score (nSPS) is 13.6. The number of carbonyl (C=O) groups excluding carboxylic acids is 1. The van der Waals surface area contributed by atoms with Gasteiger partial charge in [-0.15, -0.1) is 0 Å². The number of hydrazone groups is 1. The molecule has 1 amide bonds. The van der Waals surface area contributed by atoms with Gasteiger partial charge in [-0.2, -0.15) is 5.10 Å². The lowest BCUT2D eigenvalue weighted by molar-refractivity contribution is 0.0955. The molecule has 6 rings (SSSR count). The van der Waals surface area contributed by atoms with Crippen LogP contribution in [0.2, 0.25) is 0 Å². The molecule has 2 aromatic heterocycles. The number of hydrogen-bond donors (Lipinski definition) is 1. The van der Waals surface area contributed by atoms with Crippen molar-refractivity contribution >= 4 is 18.0 Å². The van der Waals surface area contributed by atoms with Gasteiger partial charge in [0.05, 0.1) is 30.8 Å². The Kier molecular flexibility index (Phi) is 7.05. The van der Waals surface area contributed by atoms with Gasteiger partial charge in [-0.05, 0) is 53.6 Å². The van der Waals surface area contributed by atoms with Gasteiger partial charge in [-0.3, -0.25) is 4.79 Å². The second-order valence-electron chi connectivity index (χ2n) is 9.19. The van der Waals surface area contributed by atoms with E-state index in [0.29, 0.717) is 24.5 Å². The molecule has 0 aliphatic carbocycles. The van der Waals surface area contributed by atoms with E-state index in [0.717, 1.165) is 47.2 Å². The fraction of sp³-hybridized carbons (Fsp3) is 0.125. The van der Waals surface area contributed by atoms with E-state index >= 15 is 0 Å². The first-order valence-electron chi connectivity index (χ1n) is 13.0. The van der Waals surface area contributed by atoms with Crippen molar-refractivity contribution in [1.82, 2.24) is 9.99 Å². The second-order valence-corrected chi connectivity index (χ2v) is 9.19. The number of nitrogens with one attached hydrogen (secondary N) is 1. The topological polar surface area (TPSA) is 72.0 Å². The molecule has 194 valence electrons. The minimum atomic E-state index is -0.295. The molecular formula is C32H28N4O3. The molecule has 0 unspecified atom stereocenters. The lowest BCUT2D eigenvalue weighted by Crippen LogP contribution is -2.35. The zero-order valence-corrected chi connectivity index (χ0v) is 21.4. The van der Waals surface area contributed by atoms with Crippen molar-refractivity contribution in [3.63, 3.8) is 0 Å². The number of aromatic nitrogens is 1. The lowest BCUT2D eigenvalue weighted by atomic mass is 10.1. The molecule has 7 nitrogen and oxygen atoms in total. The third-order valence-corrected chi connectivity index (χ3v) is 6.70. The van der Waals surface area contributed by atoms with Crippen LogP contribution in [0.5, 0.6) is 0 Å². The second kappa shape index (κ2) is 11.2. The highest BCUT2D eigenvalue weighted by Gasteiger charge is 2.15. The number of rotatable bonds is 7. The van der Waals surface area contributed by atoms with E-state index in [1.165, 1.54) is 6.21 Å². The number of morpholine rings is 1. The monoisotopic (exact) mass is 516 g/mol. The summed E-state index contributed by atoms with van der Waals surface area (Å²) in [7, 11) is 0. The number of hydrogen-bond acceptors (Lipinski definition) is 5. The molecule has 1 saturated heterocycles. The number of anilines is 1. The molecule has 0 saturated carbocycles. The van der Waals surface area contributed by atoms with E-state index in [-0.39, 0.29) is 5.91 Å². The van der Waals surface area contributed by atoms with E-state index in [9.17, 15) is 4.79 Å².